The molecule has 5 N–H and O–H groups in total. The average molecular weight is 207 g/mol. The van der Waals surface area contributed by atoms with Crippen LogP contribution in [0.15, 0.2) is 0 Å². The first-order valence-corrected chi connectivity index (χ1v) is 2.89. The van der Waals surface area contributed by atoms with Gasteiger partial charge in [-0.1, -0.05) is 0 Å². The third-order valence-corrected chi connectivity index (χ3v) is 1.16. The van der Waals surface area contributed by atoms with Crippen LogP contribution in [0.5, 0.6) is 0 Å². The largest absolute Gasteiger partial charge is 0.394 e. The van der Waals surface area contributed by atoms with Gasteiger partial charge in [-0.2, -0.15) is 0 Å². The molecule has 0 aromatic heterocycles. The number of hydrogen-bond acceptors (Lipinski definition) is 5. The van der Waals surface area contributed by atoms with Gasteiger partial charge in [0.2, 0.25) is 0 Å². The Morgan fingerprint density at radius 2 is 1.09 bits per heavy atom. The maximum atomic E-state index is 8.77. The van der Waals surface area contributed by atoms with Crippen molar-refractivity contribution in [2.24, 2.45) is 0 Å². The molecule has 0 fully saturated rings. The molecular formula is C5H12MnO5. The molecule has 0 aliphatic heterocycles. The molecular weight excluding hydrogens is 195 g/mol. The molecule has 11 heavy (non-hydrogen) atoms. The third kappa shape index (κ3) is 4.71. The van der Waals surface area contributed by atoms with Crippen LogP contribution in [-0.2, 0) is 17.1 Å². The number of aliphatic hydroxyl groups is 5. The van der Waals surface area contributed by atoms with Crippen molar-refractivity contribution in [3.05, 3.63) is 0 Å². The molecule has 2 atom stereocenters. The van der Waals surface area contributed by atoms with Crippen LogP contribution in [0.25, 0.3) is 0 Å². The summed E-state index contributed by atoms with van der Waals surface area (Å²) in [5, 5.41) is 42.6. The van der Waals surface area contributed by atoms with Crippen molar-refractivity contribution in [2.45, 2.75) is 18.3 Å². The maximum absolute atomic E-state index is 8.77. The van der Waals surface area contributed by atoms with Crippen molar-refractivity contribution >= 4 is 0 Å². The molecule has 0 heterocycles. The minimum absolute atomic E-state index is 0. The molecule has 0 aliphatic carbocycles. The van der Waals surface area contributed by atoms with Gasteiger partial charge in [-0.25, -0.2) is 0 Å². The summed E-state index contributed by atoms with van der Waals surface area (Å²) in [6.07, 6.45) is -4.29. The Kier molecular flexibility index (Phi) is 8.83. The molecule has 0 saturated carbocycles. The predicted octanol–water partition coefficient (Wildman–Crippen LogP) is -2.95. The van der Waals surface area contributed by atoms with Gasteiger partial charge in [0.15, 0.2) is 0 Å². The van der Waals surface area contributed by atoms with Crippen molar-refractivity contribution in [1.29, 1.82) is 0 Å². The molecule has 0 saturated heterocycles. The van der Waals surface area contributed by atoms with Crippen LogP contribution < -0.4 is 0 Å². The fraction of sp³-hybridized carbons (Fsp3) is 1.00. The van der Waals surface area contributed by atoms with Crippen LogP contribution in [0.2, 0.25) is 0 Å². The van der Waals surface area contributed by atoms with E-state index in [9.17, 15) is 0 Å². The van der Waals surface area contributed by atoms with Gasteiger partial charge in [-0.15, -0.1) is 0 Å². The van der Waals surface area contributed by atoms with Gasteiger partial charge in [0.05, 0.1) is 13.2 Å². The summed E-state index contributed by atoms with van der Waals surface area (Å²) in [5.74, 6) is 0. The summed E-state index contributed by atoms with van der Waals surface area (Å²) in [5.41, 5.74) is 0. The smallest absolute Gasteiger partial charge is 0.110 e. The van der Waals surface area contributed by atoms with Crippen molar-refractivity contribution in [3.8, 4) is 0 Å². The molecule has 0 bridgehead atoms. The van der Waals surface area contributed by atoms with Crippen LogP contribution in [0.4, 0.5) is 0 Å². The Hall–Kier alpha value is 0.319. The average Bonchev–Trinajstić information content (AvgIpc) is 2.00. The van der Waals surface area contributed by atoms with E-state index in [2.05, 4.69) is 0 Å². The second-order valence-electron chi connectivity index (χ2n) is 1.99. The van der Waals surface area contributed by atoms with Gasteiger partial charge in [-0.3, -0.25) is 0 Å². The Morgan fingerprint density at radius 1 is 0.818 bits per heavy atom. The van der Waals surface area contributed by atoms with E-state index in [1.165, 1.54) is 0 Å². The van der Waals surface area contributed by atoms with Gasteiger partial charge in [-0.05, 0) is 0 Å². The fourth-order valence-corrected chi connectivity index (χ4v) is 0.472. The first-order valence-electron chi connectivity index (χ1n) is 2.89. The summed E-state index contributed by atoms with van der Waals surface area (Å²) in [7, 11) is 0. The van der Waals surface area contributed by atoms with Gasteiger partial charge < -0.3 is 25.5 Å². The summed E-state index contributed by atoms with van der Waals surface area (Å²) < 4.78 is 0. The number of rotatable bonds is 4. The van der Waals surface area contributed by atoms with Crippen molar-refractivity contribution in [2.75, 3.05) is 13.2 Å². The Morgan fingerprint density at radius 3 is 1.27 bits per heavy atom. The number of aliphatic hydroxyl groups excluding tert-OH is 5. The Labute approximate surface area is 74.8 Å². The minimum Gasteiger partial charge on any atom is -0.394 e. The molecule has 0 aromatic carbocycles. The zero-order chi connectivity index (χ0) is 8.15. The van der Waals surface area contributed by atoms with Gasteiger partial charge in [0, 0.05) is 17.1 Å². The van der Waals surface area contributed by atoms with E-state index < -0.39 is 31.5 Å². The molecule has 5 nitrogen and oxygen atoms in total. The van der Waals surface area contributed by atoms with E-state index in [1.807, 2.05) is 0 Å². The maximum Gasteiger partial charge on any atom is 0.110 e. The first kappa shape index (κ1) is 13.9. The van der Waals surface area contributed by atoms with E-state index in [-0.39, 0.29) is 17.1 Å². The topological polar surface area (TPSA) is 101 Å². The normalized spacial score (nSPS) is 18.3. The Bertz CT molecular complexity index is 80.9. The molecule has 0 rings (SSSR count). The first-order chi connectivity index (χ1) is 4.63. The van der Waals surface area contributed by atoms with Gasteiger partial charge in [0.25, 0.3) is 0 Å². The van der Waals surface area contributed by atoms with Crippen LogP contribution in [0, 0.1) is 0 Å². The fourth-order valence-electron chi connectivity index (χ4n) is 0.472. The molecule has 0 amide bonds. The van der Waals surface area contributed by atoms with Gasteiger partial charge in [0.1, 0.15) is 18.3 Å². The summed E-state index contributed by atoms with van der Waals surface area (Å²) in [6, 6.07) is 0. The number of hydrogen-bond donors (Lipinski definition) is 5. The Balaban J connectivity index is 0. The molecule has 1 radical (unpaired) electrons. The third-order valence-electron chi connectivity index (χ3n) is 1.16. The molecule has 6 heteroatoms. The van der Waals surface area contributed by atoms with Crippen molar-refractivity contribution < 1.29 is 42.6 Å². The van der Waals surface area contributed by atoms with E-state index in [0.29, 0.717) is 0 Å². The minimum atomic E-state index is -1.49. The second-order valence-corrected chi connectivity index (χ2v) is 1.99. The zero-order valence-corrected chi connectivity index (χ0v) is 6.94. The van der Waals surface area contributed by atoms with E-state index in [4.69, 9.17) is 25.5 Å². The molecule has 0 aromatic rings. The van der Waals surface area contributed by atoms with E-state index >= 15 is 0 Å². The quantitative estimate of drug-likeness (QED) is 0.317. The van der Waals surface area contributed by atoms with E-state index in [1.54, 1.807) is 0 Å². The van der Waals surface area contributed by atoms with Crippen LogP contribution in [0.1, 0.15) is 0 Å². The van der Waals surface area contributed by atoms with Crippen molar-refractivity contribution in [3.63, 3.8) is 0 Å². The SMILES string of the molecule is OCC(O)C(O)C(O)CO.[Mn]. The zero-order valence-electron chi connectivity index (χ0n) is 5.76. The van der Waals surface area contributed by atoms with Crippen molar-refractivity contribution in [1.82, 2.24) is 0 Å². The van der Waals surface area contributed by atoms with Crippen LogP contribution >= 0.6 is 0 Å². The van der Waals surface area contributed by atoms with E-state index in [0.717, 1.165) is 0 Å². The van der Waals surface area contributed by atoms with Gasteiger partial charge >= 0.3 is 0 Å². The summed E-state index contributed by atoms with van der Waals surface area (Å²) in [4.78, 5) is 0. The molecule has 0 spiro atoms. The molecule has 2 unspecified atom stereocenters. The monoisotopic (exact) mass is 207 g/mol. The molecule has 0 aliphatic rings. The molecule has 69 valence electrons. The predicted molar refractivity (Wildman–Crippen MR) is 32.2 cm³/mol. The van der Waals surface area contributed by atoms with Crippen LogP contribution in [-0.4, -0.2) is 57.1 Å². The summed E-state index contributed by atoms with van der Waals surface area (Å²) in [6.45, 7) is -1.28. The second kappa shape index (κ2) is 7.00. The van der Waals surface area contributed by atoms with Crippen LogP contribution in [0.3, 0.4) is 0 Å². The standard InChI is InChI=1S/C5H12O5.Mn/c6-1-3(8)5(10)4(9)2-7;/h3-10H,1-2H2;. The summed E-state index contributed by atoms with van der Waals surface area (Å²) >= 11 is 0.